The first-order valence-electron chi connectivity index (χ1n) is 6.43. The fourth-order valence-corrected chi connectivity index (χ4v) is 2.27. The van der Waals surface area contributed by atoms with Gasteiger partial charge in [-0.1, -0.05) is 11.6 Å². The van der Waals surface area contributed by atoms with Crippen LogP contribution >= 0.6 is 11.6 Å². The van der Waals surface area contributed by atoms with Gasteiger partial charge in [-0.25, -0.2) is 4.79 Å². The van der Waals surface area contributed by atoms with Gasteiger partial charge in [0.2, 0.25) is 5.76 Å². The summed E-state index contributed by atoms with van der Waals surface area (Å²) in [5, 5.41) is 21.9. The van der Waals surface area contributed by atoms with Gasteiger partial charge in [-0.3, -0.25) is 0 Å². The molecule has 2 aromatic rings. The Labute approximate surface area is 131 Å². The van der Waals surface area contributed by atoms with Crippen LogP contribution in [0.15, 0.2) is 16.5 Å². The van der Waals surface area contributed by atoms with Crippen molar-refractivity contribution in [3.8, 4) is 5.75 Å². The van der Waals surface area contributed by atoms with Crippen molar-refractivity contribution >= 4 is 34.2 Å². The zero-order chi connectivity index (χ0) is 16.3. The van der Waals surface area contributed by atoms with Gasteiger partial charge in [0.1, 0.15) is 5.58 Å². The van der Waals surface area contributed by atoms with E-state index in [1.54, 1.807) is 6.07 Å². The minimum atomic E-state index is -0.929. The number of fused-ring (bicyclic) bond motifs is 1. The minimum Gasteiger partial charge on any atom is -0.493 e. The average molecular weight is 330 g/mol. The van der Waals surface area contributed by atoms with Crippen molar-refractivity contribution in [1.29, 1.82) is 0 Å². The molecule has 0 aliphatic rings. The molecule has 22 heavy (non-hydrogen) atoms. The third-order valence-corrected chi connectivity index (χ3v) is 3.42. The molecule has 0 saturated carbocycles. The minimum absolute atomic E-state index is 0.0222. The number of rotatable bonds is 6. The molecule has 2 rings (SSSR count). The monoisotopic (exact) mass is 329 g/mol. The molecule has 0 amide bonds. The average Bonchev–Trinajstić information content (AvgIpc) is 2.96. The van der Waals surface area contributed by atoms with Crippen molar-refractivity contribution in [2.24, 2.45) is 0 Å². The number of nitrogens with one attached hydrogen (secondary N) is 1. The van der Waals surface area contributed by atoms with Gasteiger partial charge in [0.25, 0.3) is 0 Å². The van der Waals surface area contributed by atoms with Crippen LogP contribution in [0.5, 0.6) is 5.75 Å². The van der Waals surface area contributed by atoms with E-state index in [0.717, 1.165) is 0 Å². The maximum atomic E-state index is 11.5. The Kier molecular flexibility index (Phi) is 5.12. The number of hydrogen-bond acceptors (Lipinski definition) is 7. The summed E-state index contributed by atoms with van der Waals surface area (Å²) < 4.78 is 15.3. The summed E-state index contributed by atoms with van der Waals surface area (Å²) in [5.41, 5.74) is 0.838. The van der Waals surface area contributed by atoms with Crippen LogP contribution in [0.25, 0.3) is 11.0 Å². The maximum absolute atomic E-state index is 11.5. The highest BCUT2D eigenvalue weighted by atomic mass is 35.5. The van der Waals surface area contributed by atoms with E-state index in [1.807, 2.05) is 0 Å². The maximum Gasteiger partial charge on any atom is 0.373 e. The number of halogens is 1. The SMILES string of the molecule is COC(=O)c1cc2c(Cl)c(OC)c(NCC(O)CO)cc2o1. The molecule has 0 radical (unpaired) electrons. The molecule has 1 unspecified atom stereocenters. The van der Waals surface area contributed by atoms with Crippen molar-refractivity contribution in [3.63, 3.8) is 0 Å². The molecule has 0 aliphatic heterocycles. The Balaban J connectivity index is 2.45. The van der Waals surface area contributed by atoms with Crippen LogP contribution in [-0.4, -0.2) is 49.7 Å². The summed E-state index contributed by atoms with van der Waals surface area (Å²) in [6.45, 7) is -0.280. The second-order valence-corrected chi connectivity index (χ2v) is 4.88. The first kappa shape index (κ1) is 16.4. The van der Waals surface area contributed by atoms with E-state index in [9.17, 15) is 9.90 Å². The summed E-state index contributed by atoms with van der Waals surface area (Å²) in [6.07, 6.45) is -0.929. The standard InChI is InChI=1S/C14H16ClNO6/c1-20-13-9(16-5-7(18)6-17)4-10-8(12(13)15)3-11(22-10)14(19)21-2/h3-4,7,16-18H,5-6H2,1-2H3. The summed E-state index contributed by atoms with van der Waals surface area (Å²) in [6, 6.07) is 3.06. The number of hydrogen-bond donors (Lipinski definition) is 3. The molecule has 0 fully saturated rings. The molecule has 1 atom stereocenters. The smallest absolute Gasteiger partial charge is 0.373 e. The molecule has 0 saturated heterocycles. The molecule has 8 heteroatoms. The number of methoxy groups -OCH3 is 2. The number of aliphatic hydroxyl groups is 2. The lowest BCUT2D eigenvalue weighted by molar-refractivity contribution is 0.0567. The van der Waals surface area contributed by atoms with Crippen LogP contribution in [0.4, 0.5) is 5.69 Å². The lowest BCUT2D eigenvalue weighted by atomic mass is 10.2. The van der Waals surface area contributed by atoms with E-state index in [0.29, 0.717) is 22.4 Å². The van der Waals surface area contributed by atoms with E-state index in [-0.39, 0.29) is 23.9 Å². The molecular formula is C14H16ClNO6. The summed E-state index contributed by atoms with van der Waals surface area (Å²) >= 11 is 6.27. The number of esters is 1. The van der Waals surface area contributed by atoms with Crippen LogP contribution in [0.1, 0.15) is 10.6 Å². The highest BCUT2D eigenvalue weighted by Crippen LogP contribution is 2.40. The van der Waals surface area contributed by atoms with Crippen molar-refractivity contribution in [2.75, 3.05) is 32.7 Å². The second-order valence-electron chi connectivity index (χ2n) is 4.50. The molecule has 0 spiro atoms. The topological polar surface area (TPSA) is 101 Å². The zero-order valence-electron chi connectivity index (χ0n) is 12.1. The van der Waals surface area contributed by atoms with Crippen molar-refractivity contribution in [2.45, 2.75) is 6.10 Å². The number of carbonyl (C=O) groups excluding carboxylic acids is 1. The first-order chi connectivity index (χ1) is 10.5. The zero-order valence-corrected chi connectivity index (χ0v) is 12.8. The number of anilines is 1. The van der Waals surface area contributed by atoms with Gasteiger partial charge < -0.3 is 29.4 Å². The molecule has 0 bridgehead atoms. The van der Waals surface area contributed by atoms with Crippen LogP contribution in [0, 0.1) is 0 Å². The van der Waals surface area contributed by atoms with E-state index >= 15 is 0 Å². The van der Waals surface area contributed by atoms with Crippen molar-refractivity contribution in [1.82, 2.24) is 0 Å². The molecule has 1 aromatic carbocycles. The number of carbonyl (C=O) groups is 1. The summed E-state index contributed by atoms with van der Waals surface area (Å²) in [7, 11) is 2.70. The van der Waals surface area contributed by atoms with E-state index in [1.165, 1.54) is 20.3 Å². The fourth-order valence-electron chi connectivity index (χ4n) is 1.95. The van der Waals surface area contributed by atoms with Gasteiger partial charge in [0, 0.05) is 24.1 Å². The molecule has 1 aromatic heterocycles. The van der Waals surface area contributed by atoms with Crippen LogP contribution in [-0.2, 0) is 4.74 Å². The Morgan fingerprint density at radius 2 is 2.18 bits per heavy atom. The van der Waals surface area contributed by atoms with Crippen LogP contribution in [0.3, 0.4) is 0 Å². The third kappa shape index (κ3) is 3.11. The molecule has 7 nitrogen and oxygen atoms in total. The molecular weight excluding hydrogens is 314 g/mol. The van der Waals surface area contributed by atoms with Crippen molar-refractivity contribution < 1.29 is 28.9 Å². The molecule has 3 N–H and O–H groups in total. The predicted octanol–water partition coefficient (Wildman–Crippen LogP) is 1.65. The number of furan rings is 1. The fraction of sp³-hybridized carbons (Fsp3) is 0.357. The second kappa shape index (κ2) is 6.87. The number of ether oxygens (including phenoxy) is 2. The number of benzene rings is 1. The quantitative estimate of drug-likeness (QED) is 0.692. The lowest BCUT2D eigenvalue weighted by Crippen LogP contribution is -2.23. The summed E-state index contributed by atoms with van der Waals surface area (Å²) in [5.74, 6) is -0.248. The highest BCUT2D eigenvalue weighted by Gasteiger charge is 2.20. The van der Waals surface area contributed by atoms with Gasteiger partial charge in [-0.15, -0.1) is 0 Å². The Morgan fingerprint density at radius 1 is 1.45 bits per heavy atom. The van der Waals surface area contributed by atoms with E-state index in [2.05, 4.69) is 10.1 Å². The third-order valence-electron chi connectivity index (χ3n) is 3.05. The normalized spacial score (nSPS) is 12.2. The molecule has 1 heterocycles. The van der Waals surface area contributed by atoms with Crippen LogP contribution in [0.2, 0.25) is 5.02 Å². The van der Waals surface area contributed by atoms with E-state index in [4.69, 9.17) is 25.9 Å². The number of aliphatic hydroxyl groups excluding tert-OH is 2. The van der Waals surface area contributed by atoms with Gasteiger partial charge in [-0.2, -0.15) is 0 Å². The largest absolute Gasteiger partial charge is 0.493 e. The Bertz CT molecular complexity index is 684. The summed E-state index contributed by atoms with van der Waals surface area (Å²) in [4.78, 5) is 11.5. The molecule has 120 valence electrons. The predicted molar refractivity (Wildman–Crippen MR) is 80.7 cm³/mol. The Morgan fingerprint density at radius 3 is 2.77 bits per heavy atom. The van der Waals surface area contributed by atoms with Gasteiger partial charge in [-0.05, 0) is 0 Å². The first-order valence-corrected chi connectivity index (χ1v) is 6.80. The van der Waals surface area contributed by atoms with E-state index < -0.39 is 12.1 Å². The van der Waals surface area contributed by atoms with Crippen LogP contribution < -0.4 is 10.1 Å². The van der Waals surface area contributed by atoms with Gasteiger partial charge in [0.15, 0.2) is 5.75 Å². The van der Waals surface area contributed by atoms with Gasteiger partial charge in [0.05, 0.1) is 37.6 Å². The molecule has 0 aliphatic carbocycles. The highest BCUT2D eigenvalue weighted by molar-refractivity contribution is 6.37. The lowest BCUT2D eigenvalue weighted by Gasteiger charge is -2.14. The Hall–Kier alpha value is -1.96. The van der Waals surface area contributed by atoms with Crippen molar-refractivity contribution in [3.05, 3.63) is 22.9 Å². The van der Waals surface area contributed by atoms with Gasteiger partial charge >= 0.3 is 5.97 Å².